The van der Waals surface area contributed by atoms with Gasteiger partial charge in [0.25, 0.3) is 0 Å². The molecule has 0 amide bonds. The maximum absolute atomic E-state index is 13.2. The largest absolute Gasteiger partial charge is 0.464 e. The van der Waals surface area contributed by atoms with Gasteiger partial charge < -0.3 is 4.42 Å². The average molecular weight is 408 g/mol. The molecule has 1 aromatic heterocycles. The summed E-state index contributed by atoms with van der Waals surface area (Å²) < 4.78 is 71.5. The third-order valence-electron chi connectivity index (χ3n) is 4.47. The summed E-state index contributed by atoms with van der Waals surface area (Å²) in [6.45, 7) is 1.92. The Balaban J connectivity index is 1.87. The van der Waals surface area contributed by atoms with Gasteiger partial charge >= 0.3 is 6.18 Å². The van der Waals surface area contributed by atoms with Gasteiger partial charge in [-0.25, -0.2) is 8.42 Å². The summed E-state index contributed by atoms with van der Waals surface area (Å²) in [4.78, 5) is -0.834. The van der Waals surface area contributed by atoms with E-state index in [-0.39, 0.29) is 11.6 Å². The Kier molecular flexibility index (Phi) is 4.87. The summed E-state index contributed by atoms with van der Waals surface area (Å²) in [5, 5.41) is -0.187. The number of hydrogen-bond donors (Lipinski definition) is 0. The zero-order valence-electron chi connectivity index (χ0n) is 14.0. The fourth-order valence-corrected chi connectivity index (χ4v) is 4.32. The van der Waals surface area contributed by atoms with Crippen LogP contribution in [0.15, 0.2) is 39.6 Å². The molecule has 2 aromatic rings. The van der Waals surface area contributed by atoms with Crippen molar-refractivity contribution in [1.29, 1.82) is 0 Å². The first-order valence-electron chi connectivity index (χ1n) is 7.92. The molecule has 1 heterocycles. The smallest absolute Gasteiger partial charge is 0.417 e. The van der Waals surface area contributed by atoms with Gasteiger partial charge in [-0.05, 0) is 42.7 Å². The number of sulfonamides is 1. The van der Waals surface area contributed by atoms with Crippen molar-refractivity contribution in [2.24, 2.45) is 5.92 Å². The SMILES string of the molecule is C[C@H]1C[C@H]1c1ccc(CN(C)S(=O)(=O)c2ccc(Cl)cc2C(F)(F)F)o1. The summed E-state index contributed by atoms with van der Waals surface area (Å²) in [5.41, 5.74) is -1.29. The molecule has 1 saturated carbocycles. The molecule has 0 unspecified atom stereocenters. The van der Waals surface area contributed by atoms with E-state index in [1.54, 1.807) is 12.1 Å². The summed E-state index contributed by atoms with van der Waals surface area (Å²) in [5.74, 6) is 2.02. The van der Waals surface area contributed by atoms with E-state index in [4.69, 9.17) is 16.0 Å². The first-order chi connectivity index (χ1) is 12.0. The van der Waals surface area contributed by atoms with Gasteiger partial charge in [0.2, 0.25) is 10.0 Å². The third-order valence-corrected chi connectivity index (χ3v) is 6.57. The van der Waals surface area contributed by atoms with E-state index in [1.807, 2.05) is 0 Å². The van der Waals surface area contributed by atoms with Gasteiger partial charge in [-0.2, -0.15) is 17.5 Å². The predicted octanol–water partition coefficient (Wildman–Crippen LogP) is 4.90. The number of halogens is 4. The van der Waals surface area contributed by atoms with E-state index in [2.05, 4.69) is 6.92 Å². The molecule has 0 bridgehead atoms. The van der Waals surface area contributed by atoms with Crippen molar-refractivity contribution in [2.75, 3.05) is 7.05 Å². The number of benzene rings is 1. The van der Waals surface area contributed by atoms with Crippen molar-refractivity contribution in [2.45, 2.75) is 36.9 Å². The molecule has 1 aliphatic rings. The molecule has 2 atom stereocenters. The molecule has 9 heteroatoms. The van der Waals surface area contributed by atoms with E-state index >= 15 is 0 Å². The van der Waals surface area contributed by atoms with Crippen LogP contribution in [0.25, 0.3) is 0 Å². The number of alkyl halides is 3. The average Bonchev–Trinajstić information content (AvgIpc) is 3.08. The Bertz CT molecular complexity index is 924. The van der Waals surface area contributed by atoms with Crippen LogP contribution in [-0.2, 0) is 22.7 Å². The van der Waals surface area contributed by atoms with Gasteiger partial charge in [0, 0.05) is 18.0 Å². The fraction of sp³-hybridized carbons (Fsp3) is 0.412. The highest BCUT2D eigenvalue weighted by molar-refractivity contribution is 7.89. The van der Waals surface area contributed by atoms with E-state index in [0.717, 1.165) is 28.6 Å². The molecular formula is C17H17ClF3NO3S. The maximum atomic E-state index is 13.2. The minimum Gasteiger partial charge on any atom is -0.464 e. The minimum atomic E-state index is -4.84. The van der Waals surface area contributed by atoms with Crippen LogP contribution in [0.5, 0.6) is 0 Å². The van der Waals surface area contributed by atoms with Crippen molar-refractivity contribution < 1.29 is 26.0 Å². The first-order valence-corrected chi connectivity index (χ1v) is 9.73. The van der Waals surface area contributed by atoms with Crippen LogP contribution in [0.4, 0.5) is 13.2 Å². The lowest BCUT2D eigenvalue weighted by Gasteiger charge is -2.19. The summed E-state index contributed by atoms with van der Waals surface area (Å²) in [6, 6.07) is 6.04. The zero-order chi connectivity index (χ0) is 19.3. The van der Waals surface area contributed by atoms with Crippen LogP contribution < -0.4 is 0 Å². The molecule has 0 N–H and O–H groups in total. The molecule has 0 aliphatic heterocycles. The molecule has 3 rings (SSSR count). The van der Waals surface area contributed by atoms with Crippen LogP contribution in [0, 0.1) is 5.92 Å². The highest BCUT2D eigenvalue weighted by Gasteiger charge is 2.39. The Hall–Kier alpha value is -1.51. The molecule has 1 aromatic carbocycles. The van der Waals surface area contributed by atoms with Gasteiger partial charge in [-0.15, -0.1) is 0 Å². The predicted molar refractivity (Wildman–Crippen MR) is 90.3 cm³/mol. The lowest BCUT2D eigenvalue weighted by molar-refractivity contribution is -0.139. The van der Waals surface area contributed by atoms with Gasteiger partial charge in [-0.1, -0.05) is 18.5 Å². The number of hydrogen-bond acceptors (Lipinski definition) is 3. The molecule has 4 nitrogen and oxygen atoms in total. The molecule has 0 spiro atoms. The standard InChI is InChI=1S/C17H17ClF3NO3S/c1-10-7-13(10)15-5-4-12(25-15)9-22(2)26(23,24)16-6-3-11(18)8-14(16)17(19,20)21/h3-6,8,10,13H,7,9H2,1-2H3/t10-,13+/m0/s1. The molecular weight excluding hydrogens is 391 g/mol. The highest BCUT2D eigenvalue weighted by Crippen LogP contribution is 2.47. The van der Waals surface area contributed by atoms with Crippen molar-refractivity contribution in [3.05, 3.63) is 52.4 Å². The highest BCUT2D eigenvalue weighted by atomic mass is 35.5. The Labute approximate surface area is 154 Å². The lowest BCUT2D eigenvalue weighted by Crippen LogP contribution is -2.28. The quantitative estimate of drug-likeness (QED) is 0.708. The van der Waals surface area contributed by atoms with Crippen molar-refractivity contribution in [3.63, 3.8) is 0 Å². The van der Waals surface area contributed by atoms with Crippen LogP contribution in [0.1, 0.15) is 36.3 Å². The number of nitrogens with zero attached hydrogens (tertiary/aromatic N) is 1. The minimum absolute atomic E-state index is 0.163. The van der Waals surface area contributed by atoms with Gasteiger partial charge in [0.1, 0.15) is 11.5 Å². The lowest BCUT2D eigenvalue weighted by atomic mass is 10.2. The molecule has 1 fully saturated rings. The number of rotatable bonds is 5. The Morgan fingerprint density at radius 1 is 1.27 bits per heavy atom. The van der Waals surface area contributed by atoms with E-state index in [1.165, 1.54) is 7.05 Å². The monoisotopic (exact) mass is 407 g/mol. The maximum Gasteiger partial charge on any atom is 0.417 e. The van der Waals surface area contributed by atoms with E-state index in [0.29, 0.717) is 23.7 Å². The Morgan fingerprint density at radius 3 is 2.50 bits per heavy atom. The van der Waals surface area contributed by atoms with Crippen molar-refractivity contribution in [1.82, 2.24) is 4.31 Å². The second-order valence-corrected chi connectivity index (χ2v) is 8.97. The zero-order valence-corrected chi connectivity index (χ0v) is 15.6. The topological polar surface area (TPSA) is 50.5 Å². The normalized spacial score (nSPS) is 20.6. The summed E-state index contributed by atoms with van der Waals surface area (Å²) in [7, 11) is -3.16. The van der Waals surface area contributed by atoms with E-state index < -0.39 is 26.7 Å². The fourth-order valence-electron chi connectivity index (χ4n) is 2.82. The molecule has 142 valence electrons. The summed E-state index contributed by atoms with van der Waals surface area (Å²) in [6.07, 6.45) is -3.82. The number of furan rings is 1. The van der Waals surface area contributed by atoms with Crippen LogP contribution in [-0.4, -0.2) is 19.8 Å². The first kappa shape index (κ1) is 19.3. The Morgan fingerprint density at radius 2 is 1.92 bits per heavy atom. The second kappa shape index (κ2) is 6.58. The van der Waals surface area contributed by atoms with Crippen LogP contribution in [0.2, 0.25) is 5.02 Å². The molecule has 0 saturated heterocycles. The summed E-state index contributed by atoms with van der Waals surface area (Å²) >= 11 is 5.61. The van der Waals surface area contributed by atoms with E-state index in [9.17, 15) is 21.6 Å². The molecule has 26 heavy (non-hydrogen) atoms. The van der Waals surface area contributed by atoms with Crippen molar-refractivity contribution in [3.8, 4) is 0 Å². The second-order valence-electron chi connectivity index (χ2n) is 6.52. The van der Waals surface area contributed by atoms with Gasteiger partial charge in [0.15, 0.2) is 0 Å². The van der Waals surface area contributed by atoms with Gasteiger partial charge in [-0.3, -0.25) is 0 Å². The molecule has 0 radical (unpaired) electrons. The van der Waals surface area contributed by atoms with Crippen molar-refractivity contribution >= 4 is 21.6 Å². The molecule has 1 aliphatic carbocycles. The van der Waals surface area contributed by atoms with Crippen LogP contribution in [0.3, 0.4) is 0 Å². The van der Waals surface area contributed by atoms with Crippen LogP contribution >= 0.6 is 11.6 Å². The van der Waals surface area contributed by atoms with Gasteiger partial charge in [0.05, 0.1) is 17.0 Å². The third kappa shape index (κ3) is 3.77.